The van der Waals surface area contributed by atoms with Gasteiger partial charge in [-0.3, -0.25) is 37.3 Å². The third-order valence-corrected chi connectivity index (χ3v) is 18.7. The number of phosphoric acid groups is 2. The van der Waals surface area contributed by atoms with Crippen molar-refractivity contribution in [2.24, 2.45) is 23.7 Å². The SMILES string of the molecule is CC(C)CCCCCCCCCCCCCCCCCCC(=O)O[C@H](COC(=O)CCCCCCCCCCCC(C)C)COP(=O)(O)OCC(O)COP(=O)(O)OC[C@@H](COC(=O)CCCCCCCCCC(C)C)OC(=O)CCCCCCCCCCC(C)C. The van der Waals surface area contributed by atoms with Crippen molar-refractivity contribution < 1.29 is 80.2 Å². The number of rotatable bonds is 70. The highest BCUT2D eigenvalue weighted by atomic mass is 31.2. The van der Waals surface area contributed by atoms with E-state index in [-0.39, 0.29) is 25.7 Å². The topological polar surface area (TPSA) is 237 Å². The van der Waals surface area contributed by atoms with Crippen molar-refractivity contribution in [3.05, 3.63) is 0 Å². The Labute approximate surface area is 562 Å². The predicted octanol–water partition coefficient (Wildman–Crippen LogP) is 20.9. The molecule has 0 aliphatic carbocycles. The lowest BCUT2D eigenvalue weighted by molar-refractivity contribution is -0.161. The molecule has 0 aliphatic rings. The van der Waals surface area contributed by atoms with Gasteiger partial charge in [0, 0.05) is 25.7 Å². The molecule has 0 fully saturated rings. The van der Waals surface area contributed by atoms with Gasteiger partial charge in [0.2, 0.25) is 0 Å². The van der Waals surface area contributed by atoms with E-state index in [0.717, 1.165) is 114 Å². The van der Waals surface area contributed by atoms with Crippen molar-refractivity contribution in [1.82, 2.24) is 0 Å². The first-order valence-electron chi connectivity index (χ1n) is 37.7. The number of hydrogen-bond donors (Lipinski definition) is 3. The fourth-order valence-corrected chi connectivity index (χ4v) is 12.6. The summed E-state index contributed by atoms with van der Waals surface area (Å²) in [6.45, 7) is 14.1. The number of carbonyl (C=O) groups excluding carboxylic acids is 4. The average Bonchev–Trinajstić information content (AvgIpc) is 2.74. The third-order valence-electron chi connectivity index (χ3n) is 16.8. The van der Waals surface area contributed by atoms with Crippen molar-refractivity contribution in [1.29, 1.82) is 0 Å². The molecule has 0 aromatic heterocycles. The summed E-state index contributed by atoms with van der Waals surface area (Å²) in [5.74, 6) is 0.849. The molecule has 546 valence electrons. The minimum atomic E-state index is -4.96. The molecule has 0 spiro atoms. The Hall–Kier alpha value is -1.94. The standard InChI is InChI=1S/C73H142O17P2/c1-63(2)49-41-33-25-18-15-13-11-9-10-12-14-16-20-30-39-47-55-72(77)89-68(59-83-70(75)53-45-37-29-21-17-19-26-34-42-50-64(3)4)61-87-91(79,80)85-57-67(74)58-86-92(81,82)88-62-69(60-84-71(76)54-46-38-32-24-28-36-44-52-66(7)8)90-73(78)56-48-40-31-23-22-27-35-43-51-65(5)6/h63-69,74H,9-62H2,1-8H3,(H,79,80)(H,81,82)/t67?,68-,69-/m1/s1. The minimum absolute atomic E-state index is 0.103. The van der Waals surface area contributed by atoms with Crippen LogP contribution in [0.3, 0.4) is 0 Å². The van der Waals surface area contributed by atoms with Crippen LogP contribution in [0.1, 0.15) is 364 Å². The highest BCUT2D eigenvalue weighted by molar-refractivity contribution is 7.47. The van der Waals surface area contributed by atoms with Crippen LogP contribution in [0.25, 0.3) is 0 Å². The average molecular weight is 1350 g/mol. The molecule has 5 atom stereocenters. The molecule has 3 unspecified atom stereocenters. The van der Waals surface area contributed by atoms with Crippen LogP contribution in [-0.2, 0) is 65.4 Å². The number of phosphoric ester groups is 2. The number of esters is 4. The first kappa shape index (κ1) is 90.1. The van der Waals surface area contributed by atoms with E-state index >= 15 is 0 Å². The fraction of sp³-hybridized carbons (Fsp3) is 0.945. The van der Waals surface area contributed by atoms with Crippen molar-refractivity contribution in [3.8, 4) is 0 Å². The lowest BCUT2D eigenvalue weighted by Gasteiger charge is -2.21. The van der Waals surface area contributed by atoms with Gasteiger partial charge in [-0.15, -0.1) is 0 Å². The molecular weight excluding hydrogens is 1210 g/mol. The second-order valence-corrected chi connectivity index (χ2v) is 31.1. The highest BCUT2D eigenvalue weighted by Gasteiger charge is 2.30. The lowest BCUT2D eigenvalue weighted by atomic mass is 10.0. The Bertz CT molecular complexity index is 1820. The van der Waals surface area contributed by atoms with Crippen LogP contribution in [0, 0.1) is 23.7 Å². The molecule has 19 heteroatoms. The number of unbranched alkanes of at least 4 members (excludes halogenated alkanes) is 36. The van der Waals surface area contributed by atoms with Gasteiger partial charge >= 0.3 is 39.5 Å². The Morgan fingerprint density at radius 3 is 0.674 bits per heavy atom. The van der Waals surface area contributed by atoms with Crippen LogP contribution in [0.15, 0.2) is 0 Å². The molecule has 0 saturated heterocycles. The first-order valence-corrected chi connectivity index (χ1v) is 40.7. The second-order valence-electron chi connectivity index (χ2n) is 28.2. The van der Waals surface area contributed by atoms with Gasteiger partial charge in [-0.25, -0.2) is 9.13 Å². The van der Waals surface area contributed by atoms with E-state index in [9.17, 15) is 43.2 Å². The summed E-state index contributed by atoms with van der Waals surface area (Å²) >= 11 is 0. The maximum absolute atomic E-state index is 13.0. The van der Waals surface area contributed by atoms with Gasteiger partial charge in [-0.1, -0.05) is 312 Å². The van der Waals surface area contributed by atoms with Crippen LogP contribution < -0.4 is 0 Å². The summed E-state index contributed by atoms with van der Waals surface area (Å²) in [5, 5.41) is 10.6. The maximum atomic E-state index is 13.0. The van der Waals surface area contributed by atoms with Crippen molar-refractivity contribution in [3.63, 3.8) is 0 Å². The van der Waals surface area contributed by atoms with Gasteiger partial charge in [0.05, 0.1) is 26.4 Å². The van der Waals surface area contributed by atoms with Crippen molar-refractivity contribution in [2.45, 2.75) is 382 Å². The van der Waals surface area contributed by atoms with Crippen LogP contribution in [0.2, 0.25) is 0 Å². The normalized spacial score (nSPS) is 14.2. The van der Waals surface area contributed by atoms with Gasteiger partial charge in [0.15, 0.2) is 12.2 Å². The van der Waals surface area contributed by atoms with Gasteiger partial charge in [-0.05, 0) is 49.4 Å². The summed E-state index contributed by atoms with van der Waals surface area (Å²) in [6, 6.07) is 0. The summed E-state index contributed by atoms with van der Waals surface area (Å²) in [7, 11) is -9.91. The van der Waals surface area contributed by atoms with E-state index < -0.39 is 97.5 Å². The zero-order chi connectivity index (χ0) is 68.2. The summed E-state index contributed by atoms with van der Waals surface area (Å²) < 4.78 is 68.4. The van der Waals surface area contributed by atoms with Gasteiger partial charge in [0.1, 0.15) is 19.3 Å². The van der Waals surface area contributed by atoms with Crippen LogP contribution in [-0.4, -0.2) is 96.7 Å². The molecule has 0 aromatic carbocycles. The summed E-state index contributed by atoms with van der Waals surface area (Å²) in [5.41, 5.74) is 0. The molecule has 0 amide bonds. The number of hydrogen-bond acceptors (Lipinski definition) is 15. The molecule has 0 bridgehead atoms. The monoisotopic (exact) mass is 1350 g/mol. The number of carbonyl (C=O) groups is 4. The van der Waals surface area contributed by atoms with E-state index in [1.165, 1.54) is 161 Å². The number of aliphatic hydroxyl groups is 1. The second kappa shape index (κ2) is 62.6. The van der Waals surface area contributed by atoms with Crippen LogP contribution in [0.4, 0.5) is 0 Å². The Balaban J connectivity index is 5.22. The van der Waals surface area contributed by atoms with E-state index in [1.807, 2.05) is 0 Å². The third kappa shape index (κ3) is 66.7. The van der Waals surface area contributed by atoms with Gasteiger partial charge < -0.3 is 33.8 Å². The zero-order valence-electron chi connectivity index (χ0n) is 60.2. The lowest BCUT2D eigenvalue weighted by Crippen LogP contribution is -2.30. The van der Waals surface area contributed by atoms with Crippen molar-refractivity contribution >= 4 is 39.5 Å². The molecule has 0 aromatic rings. The molecule has 17 nitrogen and oxygen atoms in total. The zero-order valence-corrected chi connectivity index (χ0v) is 62.0. The van der Waals surface area contributed by atoms with Crippen LogP contribution >= 0.6 is 15.6 Å². The highest BCUT2D eigenvalue weighted by Crippen LogP contribution is 2.45. The number of ether oxygens (including phenoxy) is 4. The minimum Gasteiger partial charge on any atom is -0.462 e. The molecule has 0 aliphatic heterocycles. The predicted molar refractivity (Wildman–Crippen MR) is 372 cm³/mol. The van der Waals surface area contributed by atoms with Crippen molar-refractivity contribution in [2.75, 3.05) is 39.6 Å². The molecule has 3 N–H and O–H groups in total. The molecule has 0 heterocycles. The van der Waals surface area contributed by atoms with E-state index in [0.29, 0.717) is 31.6 Å². The molecule has 92 heavy (non-hydrogen) atoms. The van der Waals surface area contributed by atoms with Gasteiger partial charge in [0.25, 0.3) is 0 Å². The first-order chi connectivity index (χ1) is 44.1. The van der Waals surface area contributed by atoms with Gasteiger partial charge in [-0.2, -0.15) is 0 Å². The van der Waals surface area contributed by atoms with E-state index in [4.69, 9.17) is 37.0 Å². The molecule has 0 saturated carbocycles. The molecule has 0 radical (unpaired) electrons. The molecule has 0 rings (SSSR count). The molecular formula is C73H142O17P2. The fourth-order valence-electron chi connectivity index (χ4n) is 11.0. The Kier molecular flexibility index (Phi) is 61.3. The summed E-state index contributed by atoms with van der Waals surface area (Å²) in [4.78, 5) is 72.6. The maximum Gasteiger partial charge on any atom is 0.472 e. The quantitative estimate of drug-likeness (QED) is 0.0222. The smallest absolute Gasteiger partial charge is 0.462 e. The summed E-state index contributed by atoms with van der Waals surface area (Å²) in [6.07, 6.45) is 46.0. The Morgan fingerprint density at radius 2 is 0.457 bits per heavy atom. The van der Waals surface area contributed by atoms with Crippen LogP contribution in [0.5, 0.6) is 0 Å². The number of aliphatic hydroxyl groups excluding tert-OH is 1. The van der Waals surface area contributed by atoms with E-state index in [2.05, 4.69) is 55.4 Å². The van der Waals surface area contributed by atoms with E-state index in [1.54, 1.807) is 0 Å². The largest absolute Gasteiger partial charge is 0.472 e. The Morgan fingerprint density at radius 1 is 0.272 bits per heavy atom.